The van der Waals surface area contributed by atoms with E-state index in [1.807, 2.05) is 54.7 Å². The molecule has 0 aliphatic heterocycles. The topological polar surface area (TPSA) is 43.9 Å². The lowest BCUT2D eigenvalue weighted by atomic mass is 10.1. The van der Waals surface area contributed by atoms with Gasteiger partial charge in [-0.15, -0.1) is 0 Å². The van der Waals surface area contributed by atoms with Gasteiger partial charge in [0.15, 0.2) is 0 Å². The van der Waals surface area contributed by atoms with E-state index in [1.54, 1.807) is 0 Å². The maximum Gasteiger partial charge on any atom is 0.235 e. The Labute approximate surface area is 183 Å². The summed E-state index contributed by atoms with van der Waals surface area (Å²) in [6, 6.07) is 33.0. The number of hydrogen-bond acceptors (Lipinski definition) is 3. The van der Waals surface area contributed by atoms with E-state index < -0.39 is 0 Å². The second-order valence-electron chi connectivity index (χ2n) is 7.94. The van der Waals surface area contributed by atoms with Gasteiger partial charge in [-0.2, -0.15) is 0 Å². The van der Waals surface area contributed by atoms with Gasteiger partial charge in [0.25, 0.3) is 0 Å². The zero-order valence-corrected chi connectivity index (χ0v) is 17.1. The monoisotopic (exact) mass is 411 g/mol. The number of fused-ring (bicyclic) bond motifs is 6. The molecule has 0 aliphatic carbocycles. The summed E-state index contributed by atoms with van der Waals surface area (Å²) in [5.41, 5.74) is 4.97. The Kier molecular flexibility index (Phi) is 3.52. The predicted octanol–water partition coefficient (Wildman–Crippen LogP) is 7.14. The van der Waals surface area contributed by atoms with Crippen molar-refractivity contribution >= 4 is 43.7 Å². The number of hydrogen-bond donors (Lipinski definition) is 0. The molecule has 3 heterocycles. The molecule has 150 valence electrons. The minimum Gasteiger partial charge on any atom is -0.455 e. The summed E-state index contributed by atoms with van der Waals surface area (Å²) in [6.45, 7) is 0. The van der Waals surface area contributed by atoms with Crippen LogP contribution in [0.15, 0.2) is 108 Å². The van der Waals surface area contributed by atoms with Crippen molar-refractivity contribution < 1.29 is 4.42 Å². The Bertz CT molecular complexity index is 1780. The lowest BCUT2D eigenvalue weighted by molar-refractivity contribution is 0.635. The van der Waals surface area contributed by atoms with E-state index in [1.165, 1.54) is 0 Å². The lowest BCUT2D eigenvalue weighted by Gasteiger charge is -2.06. The van der Waals surface area contributed by atoms with Gasteiger partial charge in [-0.25, -0.2) is 9.97 Å². The highest BCUT2D eigenvalue weighted by Crippen LogP contribution is 2.39. The fourth-order valence-electron chi connectivity index (χ4n) is 4.58. The smallest absolute Gasteiger partial charge is 0.235 e. The molecule has 0 aliphatic rings. The zero-order valence-electron chi connectivity index (χ0n) is 17.1. The molecule has 0 saturated heterocycles. The third-order valence-corrected chi connectivity index (χ3v) is 6.05. The van der Waals surface area contributed by atoms with E-state index in [-0.39, 0.29) is 0 Å². The summed E-state index contributed by atoms with van der Waals surface area (Å²) in [5.74, 6) is 1.52. The van der Waals surface area contributed by atoms with Crippen LogP contribution in [0.3, 0.4) is 0 Å². The van der Waals surface area contributed by atoms with Crippen molar-refractivity contribution in [3.63, 3.8) is 0 Å². The van der Waals surface area contributed by atoms with Crippen LogP contribution in [0.2, 0.25) is 0 Å². The Balaban J connectivity index is 1.57. The van der Waals surface area contributed by atoms with Crippen molar-refractivity contribution in [1.29, 1.82) is 0 Å². The molecule has 0 unspecified atom stereocenters. The highest BCUT2D eigenvalue weighted by atomic mass is 16.3. The van der Waals surface area contributed by atoms with Crippen LogP contribution in [-0.2, 0) is 0 Å². The second kappa shape index (κ2) is 6.53. The third kappa shape index (κ3) is 2.44. The van der Waals surface area contributed by atoms with Crippen LogP contribution < -0.4 is 0 Å². The molecule has 7 aromatic rings. The molecule has 4 aromatic carbocycles. The van der Waals surface area contributed by atoms with Crippen molar-refractivity contribution in [3.05, 3.63) is 103 Å². The second-order valence-corrected chi connectivity index (χ2v) is 7.94. The van der Waals surface area contributed by atoms with Gasteiger partial charge < -0.3 is 4.42 Å². The van der Waals surface area contributed by atoms with E-state index in [2.05, 4.69) is 53.1 Å². The highest BCUT2D eigenvalue weighted by molar-refractivity contribution is 6.19. The Morgan fingerprint density at radius 1 is 0.688 bits per heavy atom. The standard InChI is InChI=1S/C28H17N3O/c1-2-8-18(9-3-1)25-16-19-14-15-24-26(27(19)32-25)21-11-5-7-13-23(21)31(24)28-29-17-20-10-4-6-12-22(20)30-28/h1-17H. The fraction of sp³-hybridized carbons (Fsp3) is 0. The van der Waals surface area contributed by atoms with Gasteiger partial charge in [0.2, 0.25) is 5.95 Å². The maximum atomic E-state index is 6.44. The maximum absolute atomic E-state index is 6.44. The van der Waals surface area contributed by atoms with Crippen molar-refractivity contribution in [2.24, 2.45) is 0 Å². The summed E-state index contributed by atoms with van der Waals surface area (Å²) in [5, 5.41) is 4.31. The van der Waals surface area contributed by atoms with Crippen LogP contribution in [0.25, 0.3) is 61.0 Å². The molecule has 0 radical (unpaired) electrons. The first-order valence-electron chi connectivity index (χ1n) is 10.6. The molecule has 7 rings (SSSR count). The summed E-state index contributed by atoms with van der Waals surface area (Å²) in [7, 11) is 0. The lowest BCUT2D eigenvalue weighted by Crippen LogP contribution is -2.00. The average molecular weight is 411 g/mol. The van der Waals surface area contributed by atoms with Crippen LogP contribution in [0.1, 0.15) is 0 Å². The largest absolute Gasteiger partial charge is 0.455 e. The first-order valence-corrected chi connectivity index (χ1v) is 10.6. The zero-order chi connectivity index (χ0) is 21.1. The average Bonchev–Trinajstić information content (AvgIpc) is 3.43. The van der Waals surface area contributed by atoms with Crippen molar-refractivity contribution in [1.82, 2.24) is 14.5 Å². The molecular formula is C28H17N3O. The Morgan fingerprint density at radius 2 is 1.50 bits per heavy atom. The molecule has 0 N–H and O–H groups in total. The number of nitrogens with zero attached hydrogens (tertiary/aromatic N) is 3. The van der Waals surface area contributed by atoms with E-state index in [0.717, 1.165) is 55.0 Å². The van der Waals surface area contributed by atoms with Gasteiger partial charge in [-0.3, -0.25) is 4.57 Å². The summed E-state index contributed by atoms with van der Waals surface area (Å²) < 4.78 is 8.57. The number of rotatable bonds is 2. The van der Waals surface area contributed by atoms with Crippen molar-refractivity contribution in [3.8, 4) is 17.3 Å². The molecule has 0 spiro atoms. The molecule has 4 heteroatoms. The number of para-hydroxylation sites is 2. The molecule has 32 heavy (non-hydrogen) atoms. The first kappa shape index (κ1) is 17.3. The predicted molar refractivity (Wildman–Crippen MR) is 129 cm³/mol. The van der Waals surface area contributed by atoms with Crippen molar-refractivity contribution in [2.45, 2.75) is 0 Å². The first-order chi connectivity index (χ1) is 15.9. The van der Waals surface area contributed by atoms with Gasteiger partial charge in [-0.1, -0.05) is 66.7 Å². The van der Waals surface area contributed by atoms with Gasteiger partial charge in [-0.05, 0) is 30.3 Å². The van der Waals surface area contributed by atoms with Crippen LogP contribution >= 0.6 is 0 Å². The Hall–Kier alpha value is -4.44. The number of furan rings is 1. The van der Waals surface area contributed by atoms with Gasteiger partial charge in [0, 0.05) is 27.9 Å². The molecule has 0 amide bonds. The number of benzene rings is 4. The molecular weight excluding hydrogens is 394 g/mol. The molecule has 0 bridgehead atoms. The summed E-state index contributed by atoms with van der Waals surface area (Å²) >= 11 is 0. The van der Waals surface area contributed by atoms with Gasteiger partial charge in [0.1, 0.15) is 11.3 Å². The van der Waals surface area contributed by atoms with E-state index in [0.29, 0.717) is 5.95 Å². The minimum absolute atomic E-state index is 0.657. The summed E-state index contributed by atoms with van der Waals surface area (Å²) in [6.07, 6.45) is 1.89. The van der Waals surface area contributed by atoms with Crippen LogP contribution in [-0.4, -0.2) is 14.5 Å². The minimum atomic E-state index is 0.657. The normalized spacial score (nSPS) is 11.8. The fourth-order valence-corrected chi connectivity index (χ4v) is 4.58. The van der Waals surface area contributed by atoms with E-state index in [4.69, 9.17) is 14.4 Å². The van der Waals surface area contributed by atoms with Crippen LogP contribution in [0.4, 0.5) is 0 Å². The molecule has 0 atom stereocenters. The van der Waals surface area contributed by atoms with E-state index in [9.17, 15) is 0 Å². The molecule has 0 saturated carbocycles. The van der Waals surface area contributed by atoms with Gasteiger partial charge in [0.05, 0.1) is 21.9 Å². The van der Waals surface area contributed by atoms with E-state index >= 15 is 0 Å². The van der Waals surface area contributed by atoms with Crippen LogP contribution in [0.5, 0.6) is 0 Å². The quantitative estimate of drug-likeness (QED) is 0.304. The van der Waals surface area contributed by atoms with Crippen LogP contribution in [0, 0.1) is 0 Å². The molecule has 0 fully saturated rings. The SMILES string of the molecule is c1ccc(-c2cc3ccc4c(c5ccccc5n4-c4ncc5ccccc5n4)c3o2)cc1. The molecule has 3 aromatic heterocycles. The Morgan fingerprint density at radius 3 is 2.44 bits per heavy atom. The van der Waals surface area contributed by atoms with Gasteiger partial charge >= 0.3 is 0 Å². The molecule has 4 nitrogen and oxygen atoms in total. The summed E-state index contributed by atoms with van der Waals surface area (Å²) in [4.78, 5) is 9.58. The highest BCUT2D eigenvalue weighted by Gasteiger charge is 2.19. The van der Waals surface area contributed by atoms with Crippen molar-refractivity contribution in [2.75, 3.05) is 0 Å². The third-order valence-electron chi connectivity index (χ3n) is 6.05. The number of aromatic nitrogens is 3.